The van der Waals surface area contributed by atoms with Gasteiger partial charge in [0.15, 0.2) is 11.5 Å². The molecule has 0 aliphatic rings. The first-order chi connectivity index (χ1) is 13.0. The number of rotatable bonds is 8. The van der Waals surface area contributed by atoms with Crippen molar-refractivity contribution < 1.29 is 23.8 Å². The van der Waals surface area contributed by atoms with Crippen LogP contribution in [0.2, 0.25) is 5.02 Å². The van der Waals surface area contributed by atoms with Gasteiger partial charge in [0, 0.05) is 12.1 Å². The molecule has 0 saturated heterocycles. The molecule has 0 bridgehead atoms. The van der Waals surface area contributed by atoms with Crippen LogP contribution in [0.25, 0.3) is 0 Å². The molecule has 0 saturated carbocycles. The van der Waals surface area contributed by atoms with Crippen molar-refractivity contribution in [3.63, 3.8) is 0 Å². The molecule has 1 N–H and O–H groups in total. The summed E-state index contributed by atoms with van der Waals surface area (Å²) in [6.45, 7) is 1.99. The van der Waals surface area contributed by atoms with E-state index in [1.807, 2.05) is 12.1 Å². The number of esters is 1. The second-order valence-corrected chi connectivity index (χ2v) is 6.06. The molecule has 0 aliphatic heterocycles. The lowest BCUT2D eigenvalue weighted by Crippen LogP contribution is -2.13. The van der Waals surface area contributed by atoms with Gasteiger partial charge >= 0.3 is 5.97 Å². The van der Waals surface area contributed by atoms with E-state index in [1.165, 1.54) is 12.1 Å². The van der Waals surface area contributed by atoms with Gasteiger partial charge in [0.05, 0.1) is 31.4 Å². The van der Waals surface area contributed by atoms with Gasteiger partial charge < -0.3 is 19.5 Å². The number of hydrogen-bond acceptors (Lipinski definition) is 5. The minimum atomic E-state index is -0.492. The van der Waals surface area contributed by atoms with Crippen molar-refractivity contribution in [3.05, 3.63) is 52.5 Å². The van der Waals surface area contributed by atoms with E-state index in [-0.39, 0.29) is 29.5 Å². The summed E-state index contributed by atoms with van der Waals surface area (Å²) in [6.07, 6.45) is 0.827. The summed E-state index contributed by atoms with van der Waals surface area (Å²) < 4.78 is 15.4. The summed E-state index contributed by atoms with van der Waals surface area (Å²) in [4.78, 5) is 23.9. The van der Waals surface area contributed by atoms with Crippen LogP contribution in [0, 0.1) is 0 Å². The Labute approximate surface area is 163 Å². The highest BCUT2D eigenvalue weighted by Gasteiger charge is 2.13. The number of anilines is 1. The van der Waals surface area contributed by atoms with Crippen LogP contribution in [0.4, 0.5) is 5.69 Å². The fourth-order valence-electron chi connectivity index (χ4n) is 2.48. The van der Waals surface area contributed by atoms with Crippen LogP contribution in [0.15, 0.2) is 36.4 Å². The Hall–Kier alpha value is -2.73. The van der Waals surface area contributed by atoms with Crippen molar-refractivity contribution in [1.82, 2.24) is 0 Å². The summed E-state index contributed by atoms with van der Waals surface area (Å²) >= 11 is 6.10. The average molecular weight is 392 g/mol. The summed E-state index contributed by atoms with van der Waals surface area (Å²) in [7, 11) is 3.14. The van der Waals surface area contributed by atoms with E-state index < -0.39 is 5.97 Å². The Morgan fingerprint density at radius 2 is 1.78 bits per heavy atom. The molecule has 0 aromatic heterocycles. The van der Waals surface area contributed by atoms with Gasteiger partial charge in [-0.25, -0.2) is 4.79 Å². The standard InChI is InChI=1S/C20H22ClNO5/c1-4-27-20(24)15-8-7-14(12-16(15)21)22-19(23)10-6-13-5-9-17(25-2)18(11-13)26-3/h5,7-9,11-12H,4,6,10H2,1-3H3,(H,22,23). The summed E-state index contributed by atoms with van der Waals surface area (Å²) in [5.74, 6) is 0.609. The van der Waals surface area contributed by atoms with Crippen molar-refractivity contribution in [2.24, 2.45) is 0 Å². The van der Waals surface area contributed by atoms with Crippen molar-refractivity contribution in [3.8, 4) is 11.5 Å². The smallest absolute Gasteiger partial charge is 0.339 e. The number of hydrogen-bond donors (Lipinski definition) is 1. The number of amides is 1. The van der Waals surface area contributed by atoms with Gasteiger partial charge in [0.1, 0.15) is 0 Å². The lowest BCUT2D eigenvalue weighted by Gasteiger charge is -2.10. The fourth-order valence-corrected chi connectivity index (χ4v) is 2.74. The number of ether oxygens (including phenoxy) is 3. The molecule has 0 unspecified atom stereocenters. The third-order valence-corrected chi connectivity index (χ3v) is 4.15. The highest BCUT2D eigenvalue weighted by Crippen LogP contribution is 2.28. The van der Waals surface area contributed by atoms with E-state index in [2.05, 4.69) is 5.32 Å². The first-order valence-corrected chi connectivity index (χ1v) is 8.83. The molecule has 1 amide bonds. The molecule has 7 heteroatoms. The molecular formula is C20H22ClNO5. The molecule has 0 spiro atoms. The van der Waals surface area contributed by atoms with Crippen LogP contribution < -0.4 is 14.8 Å². The number of carbonyl (C=O) groups excluding carboxylic acids is 2. The number of nitrogens with one attached hydrogen (secondary N) is 1. The fraction of sp³-hybridized carbons (Fsp3) is 0.300. The second-order valence-electron chi connectivity index (χ2n) is 5.65. The van der Waals surface area contributed by atoms with Crippen LogP contribution in [-0.4, -0.2) is 32.7 Å². The van der Waals surface area contributed by atoms with E-state index in [9.17, 15) is 9.59 Å². The van der Waals surface area contributed by atoms with E-state index in [1.54, 1.807) is 33.3 Å². The molecule has 27 heavy (non-hydrogen) atoms. The Kier molecular flexibility index (Phi) is 7.49. The molecule has 6 nitrogen and oxygen atoms in total. The monoisotopic (exact) mass is 391 g/mol. The summed E-state index contributed by atoms with van der Waals surface area (Å²) in [5.41, 5.74) is 1.74. The highest BCUT2D eigenvalue weighted by molar-refractivity contribution is 6.34. The van der Waals surface area contributed by atoms with Gasteiger partial charge in [-0.1, -0.05) is 17.7 Å². The molecule has 0 fully saturated rings. The highest BCUT2D eigenvalue weighted by atomic mass is 35.5. The summed E-state index contributed by atoms with van der Waals surface area (Å²) in [5, 5.41) is 3.00. The summed E-state index contributed by atoms with van der Waals surface area (Å²) in [6, 6.07) is 10.2. The molecular weight excluding hydrogens is 370 g/mol. The number of aryl methyl sites for hydroxylation is 1. The minimum absolute atomic E-state index is 0.162. The third-order valence-electron chi connectivity index (χ3n) is 3.84. The van der Waals surface area contributed by atoms with Crippen molar-refractivity contribution in [1.29, 1.82) is 0 Å². The predicted molar refractivity (Wildman–Crippen MR) is 104 cm³/mol. The first-order valence-electron chi connectivity index (χ1n) is 8.46. The van der Waals surface area contributed by atoms with Gasteiger partial charge in [0.25, 0.3) is 0 Å². The molecule has 2 rings (SSSR count). The van der Waals surface area contributed by atoms with Crippen LogP contribution >= 0.6 is 11.6 Å². The van der Waals surface area contributed by atoms with Gasteiger partial charge in [-0.05, 0) is 49.2 Å². The van der Waals surface area contributed by atoms with Gasteiger partial charge in [-0.2, -0.15) is 0 Å². The largest absolute Gasteiger partial charge is 0.493 e. The van der Waals surface area contributed by atoms with E-state index in [0.29, 0.717) is 23.6 Å². The Morgan fingerprint density at radius 3 is 2.41 bits per heavy atom. The lowest BCUT2D eigenvalue weighted by atomic mass is 10.1. The van der Waals surface area contributed by atoms with Crippen LogP contribution in [-0.2, 0) is 16.0 Å². The SMILES string of the molecule is CCOC(=O)c1ccc(NC(=O)CCc2ccc(OC)c(OC)c2)cc1Cl. The Balaban J connectivity index is 1.96. The number of halogens is 1. The number of benzene rings is 2. The van der Waals surface area contributed by atoms with Crippen molar-refractivity contribution in [2.75, 3.05) is 26.1 Å². The van der Waals surface area contributed by atoms with E-state index in [4.69, 9.17) is 25.8 Å². The average Bonchev–Trinajstić information content (AvgIpc) is 2.66. The first kappa shape index (κ1) is 20.6. The molecule has 0 heterocycles. The normalized spacial score (nSPS) is 10.2. The molecule has 144 valence electrons. The van der Waals surface area contributed by atoms with E-state index in [0.717, 1.165) is 5.56 Å². The molecule has 2 aromatic rings. The second kappa shape index (κ2) is 9.83. The minimum Gasteiger partial charge on any atom is -0.493 e. The van der Waals surface area contributed by atoms with Crippen LogP contribution in [0.1, 0.15) is 29.3 Å². The maximum Gasteiger partial charge on any atom is 0.339 e. The zero-order valence-electron chi connectivity index (χ0n) is 15.5. The third kappa shape index (κ3) is 5.62. The number of carbonyl (C=O) groups is 2. The van der Waals surface area contributed by atoms with Gasteiger partial charge in [-0.3, -0.25) is 4.79 Å². The van der Waals surface area contributed by atoms with Crippen LogP contribution in [0.3, 0.4) is 0 Å². The molecule has 0 atom stereocenters. The predicted octanol–water partition coefficient (Wildman–Crippen LogP) is 4.11. The van der Waals surface area contributed by atoms with Crippen molar-refractivity contribution in [2.45, 2.75) is 19.8 Å². The van der Waals surface area contributed by atoms with Crippen LogP contribution in [0.5, 0.6) is 11.5 Å². The maximum absolute atomic E-state index is 12.2. The Morgan fingerprint density at radius 1 is 1.04 bits per heavy atom. The van der Waals surface area contributed by atoms with Gasteiger partial charge in [-0.15, -0.1) is 0 Å². The molecule has 0 aliphatic carbocycles. The van der Waals surface area contributed by atoms with E-state index >= 15 is 0 Å². The quantitative estimate of drug-likeness (QED) is 0.685. The molecule has 0 radical (unpaired) electrons. The maximum atomic E-state index is 12.2. The van der Waals surface area contributed by atoms with Gasteiger partial charge in [0.2, 0.25) is 5.91 Å². The molecule has 2 aromatic carbocycles. The Bertz CT molecular complexity index is 822. The number of methoxy groups -OCH3 is 2. The topological polar surface area (TPSA) is 73.9 Å². The zero-order chi connectivity index (χ0) is 19.8. The zero-order valence-corrected chi connectivity index (χ0v) is 16.3. The van der Waals surface area contributed by atoms with Crippen molar-refractivity contribution >= 4 is 29.2 Å². The lowest BCUT2D eigenvalue weighted by molar-refractivity contribution is -0.116.